The average molecular weight is 508 g/mol. The van der Waals surface area contributed by atoms with Crippen molar-refractivity contribution in [2.24, 2.45) is 5.14 Å². The smallest absolute Gasteiger partial charge is 0.317 e. The Kier molecular flexibility index (Phi) is 6.11. The van der Waals surface area contributed by atoms with Gasteiger partial charge in [-0.1, -0.05) is 30.3 Å². The molecule has 3 heterocycles. The molecule has 0 spiro atoms. The lowest BCUT2D eigenvalue weighted by Crippen LogP contribution is -2.53. The third kappa shape index (κ3) is 4.68. The van der Waals surface area contributed by atoms with Crippen molar-refractivity contribution < 1.29 is 21.6 Å². The Morgan fingerprint density at radius 3 is 2.29 bits per heavy atom. The predicted molar refractivity (Wildman–Crippen MR) is 122 cm³/mol. The summed E-state index contributed by atoms with van der Waals surface area (Å²) in [6, 6.07) is 9.91. The van der Waals surface area contributed by atoms with Crippen molar-refractivity contribution in [3.05, 3.63) is 47.5 Å². The minimum absolute atomic E-state index is 0.208. The molecule has 13 heteroatoms. The van der Waals surface area contributed by atoms with Crippen molar-refractivity contribution in [3.63, 3.8) is 0 Å². The fourth-order valence-corrected chi connectivity index (χ4v) is 5.94. The van der Waals surface area contributed by atoms with Crippen molar-refractivity contribution in [2.45, 2.75) is 35.9 Å². The maximum Gasteiger partial charge on any atom is 0.417 e. The van der Waals surface area contributed by atoms with Gasteiger partial charge in [0.15, 0.2) is 0 Å². The molecular formula is C22H24F3N7O2S. The van der Waals surface area contributed by atoms with E-state index >= 15 is 0 Å². The van der Waals surface area contributed by atoms with E-state index in [1.165, 1.54) is 6.07 Å². The van der Waals surface area contributed by atoms with Crippen molar-refractivity contribution in [3.8, 4) is 22.5 Å². The number of nitrogens with two attached hydrogens (primary N) is 1. The minimum atomic E-state index is -4.95. The summed E-state index contributed by atoms with van der Waals surface area (Å²) in [4.78, 5) is 1.41. The minimum Gasteiger partial charge on any atom is -0.317 e. The van der Waals surface area contributed by atoms with Gasteiger partial charge in [-0.3, -0.25) is 4.90 Å². The lowest BCUT2D eigenvalue weighted by atomic mass is 9.87. The molecule has 0 bridgehead atoms. The monoisotopic (exact) mass is 507 g/mol. The fourth-order valence-electron chi connectivity index (χ4n) is 4.96. The van der Waals surface area contributed by atoms with Crippen molar-refractivity contribution >= 4 is 10.0 Å². The highest BCUT2D eigenvalue weighted by atomic mass is 32.2. The number of hydrogen-bond acceptors (Lipinski definition) is 7. The molecular weight excluding hydrogens is 483 g/mol. The van der Waals surface area contributed by atoms with Crippen LogP contribution in [0.4, 0.5) is 13.2 Å². The van der Waals surface area contributed by atoms with E-state index in [1.807, 2.05) is 12.1 Å². The molecule has 0 amide bonds. The number of alkyl halides is 3. The van der Waals surface area contributed by atoms with Gasteiger partial charge in [0.2, 0.25) is 15.8 Å². The van der Waals surface area contributed by atoms with Crippen LogP contribution in [-0.4, -0.2) is 66.2 Å². The van der Waals surface area contributed by atoms with Gasteiger partial charge in [-0.05, 0) is 53.9 Å². The second-order valence-corrected chi connectivity index (χ2v) is 10.4. The van der Waals surface area contributed by atoms with E-state index in [0.29, 0.717) is 17.5 Å². The second kappa shape index (κ2) is 8.97. The number of likely N-dealkylation sites (tertiary alicyclic amines) is 1. The molecule has 0 atom stereocenters. The van der Waals surface area contributed by atoms with Crippen molar-refractivity contribution in [2.75, 3.05) is 26.2 Å². The summed E-state index contributed by atoms with van der Waals surface area (Å²) in [5.74, 6) is 0.0824. The van der Waals surface area contributed by atoms with Crippen LogP contribution >= 0.6 is 0 Å². The number of nitrogens with one attached hydrogen (secondary N) is 2. The molecule has 0 aliphatic carbocycles. The number of aromatic amines is 1. The van der Waals surface area contributed by atoms with Crippen molar-refractivity contribution in [1.29, 1.82) is 0 Å². The lowest BCUT2D eigenvalue weighted by Gasteiger charge is -2.46. The molecule has 186 valence electrons. The highest BCUT2D eigenvalue weighted by molar-refractivity contribution is 7.89. The average Bonchev–Trinajstić information content (AvgIpc) is 3.32. The Morgan fingerprint density at radius 2 is 1.71 bits per heavy atom. The maximum atomic E-state index is 13.7. The van der Waals surface area contributed by atoms with Gasteiger partial charge in [0.25, 0.3) is 0 Å². The first kappa shape index (κ1) is 23.9. The molecule has 0 radical (unpaired) electrons. The number of rotatable bonds is 5. The largest absolute Gasteiger partial charge is 0.417 e. The van der Waals surface area contributed by atoms with E-state index in [2.05, 4.69) is 30.8 Å². The first-order valence-corrected chi connectivity index (χ1v) is 12.7. The quantitative estimate of drug-likeness (QED) is 0.483. The molecule has 2 saturated heterocycles. The number of primary sulfonamides is 1. The number of piperidine rings is 1. The van der Waals surface area contributed by atoms with Crippen LogP contribution in [0.25, 0.3) is 22.5 Å². The standard InChI is InChI=1S/C22H24F3N7O2S/c23-22(24,25)18-6-5-17(19(20(18)35(26,33)34)21-28-30-31-29-21)14-3-1-13(2-4-14)15-11-32(12-15)16-7-9-27-10-8-16/h1-6,15-16,27H,7-12H2,(H2,26,33,34)(H,28,29,30,31). The predicted octanol–water partition coefficient (Wildman–Crippen LogP) is 2.35. The Hall–Kier alpha value is -2.87. The Balaban J connectivity index is 1.49. The van der Waals surface area contributed by atoms with Gasteiger partial charge in [0, 0.05) is 25.0 Å². The molecule has 5 rings (SSSR count). The van der Waals surface area contributed by atoms with Crippen LogP contribution < -0.4 is 10.5 Å². The molecule has 1 aromatic heterocycles. The number of benzene rings is 2. The van der Waals surface area contributed by atoms with E-state index in [1.54, 1.807) is 12.1 Å². The molecule has 2 aliphatic rings. The third-order valence-electron chi connectivity index (χ3n) is 6.74. The zero-order valence-corrected chi connectivity index (χ0v) is 19.4. The van der Waals surface area contributed by atoms with E-state index < -0.39 is 26.7 Å². The summed E-state index contributed by atoms with van der Waals surface area (Å²) >= 11 is 0. The van der Waals surface area contributed by atoms with Crippen LogP contribution in [0.1, 0.15) is 29.9 Å². The van der Waals surface area contributed by atoms with Crippen LogP contribution in [0.5, 0.6) is 0 Å². The summed E-state index contributed by atoms with van der Waals surface area (Å²) < 4.78 is 65.8. The van der Waals surface area contributed by atoms with Gasteiger partial charge < -0.3 is 5.32 Å². The Labute approximate surface area is 199 Å². The molecule has 0 unspecified atom stereocenters. The van der Waals surface area contributed by atoms with Gasteiger partial charge in [0.1, 0.15) is 4.90 Å². The summed E-state index contributed by atoms with van der Waals surface area (Å²) in [7, 11) is -4.79. The second-order valence-electron chi connectivity index (χ2n) is 8.90. The summed E-state index contributed by atoms with van der Waals surface area (Å²) in [5, 5.41) is 21.7. The topological polar surface area (TPSA) is 130 Å². The van der Waals surface area contributed by atoms with Gasteiger partial charge in [-0.15, -0.1) is 10.2 Å². The molecule has 4 N–H and O–H groups in total. The number of tetrazole rings is 1. The summed E-state index contributed by atoms with van der Waals surface area (Å²) in [6.07, 6.45) is -2.66. The number of hydrogen-bond donors (Lipinski definition) is 3. The Morgan fingerprint density at radius 1 is 1.03 bits per heavy atom. The number of aromatic nitrogens is 4. The lowest BCUT2D eigenvalue weighted by molar-refractivity contribution is -0.139. The summed E-state index contributed by atoms with van der Waals surface area (Å²) in [5.41, 5.74) is 0.123. The SMILES string of the molecule is NS(=O)(=O)c1c(C(F)(F)F)ccc(-c2ccc(C3CN(C4CCNCC4)C3)cc2)c1-c1nn[nH]n1. The zero-order chi connectivity index (χ0) is 24.8. The van der Waals surface area contributed by atoms with E-state index in [9.17, 15) is 21.6 Å². The fraction of sp³-hybridized carbons (Fsp3) is 0.409. The third-order valence-corrected chi connectivity index (χ3v) is 7.74. The highest BCUT2D eigenvalue weighted by Gasteiger charge is 2.40. The molecule has 3 aromatic rings. The number of halogens is 3. The van der Waals surface area contributed by atoms with Gasteiger partial charge >= 0.3 is 6.18 Å². The van der Waals surface area contributed by atoms with Gasteiger partial charge in [0.05, 0.1) is 11.1 Å². The number of nitrogens with zero attached hydrogens (tertiary/aromatic N) is 4. The zero-order valence-electron chi connectivity index (χ0n) is 18.6. The van der Waals surface area contributed by atoms with E-state index in [0.717, 1.165) is 50.7 Å². The first-order valence-electron chi connectivity index (χ1n) is 11.2. The van der Waals surface area contributed by atoms with Crippen LogP contribution in [0.2, 0.25) is 0 Å². The molecule has 2 aromatic carbocycles. The highest BCUT2D eigenvalue weighted by Crippen LogP contribution is 2.43. The molecule has 2 aliphatic heterocycles. The Bertz CT molecular complexity index is 1300. The summed E-state index contributed by atoms with van der Waals surface area (Å²) in [6.45, 7) is 4.01. The molecule has 35 heavy (non-hydrogen) atoms. The van der Waals surface area contributed by atoms with Gasteiger partial charge in [-0.2, -0.15) is 18.4 Å². The van der Waals surface area contributed by atoms with Crippen molar-refractivity contribution in [1.82, 2.24) is 30.8 Å². The first-order chi connectivity index (χ1) is 16.6. The van der Waals surface area contributed by atoms with E-state index in [4.69, 9.17) is 5.14 Å². The van der Waals surface area contributed by atoms with Crippen LogP contribution in [0.15, 0.2) is 41.3 Å². The number of H-pyrrole nitrogens is 1. The van der Waals surface area contributed by atoms with E-state index in [-0.39, 0.29) is 17.0 Å². The molecule has 0 saturated carbocycles. The van der Waals surface area contributed by atoms with Gasteiger partial charge in [-0.25, -0.2) is 13.6 Å². The molecule has 9 nitrogen and oxygen atoms in total. The van der Waals surface area contributed by atoms with Crippen LogP contribution in [0, 0.1) is 0 Å². The maximum absolute atomic E-state index is 13.7. The number of sulfonamides is 1. The van der Waals surface area contributed by atoms with Crippen LogP contribution in [-0.2, 0) is 16.2 Å². The normalized spacial score (nSPS) is 18.5. The van der Waals surface area contributed by atoms with Crippen LogP contribution in [0.3, 0.4) is 0 Å². The molecule has 2 fully saturated rings.